The fraction of sp³-hybridized carbons (Fsp3) is 0.231. The first-order chi connectivity index (χ1) is 9.10. The van der Waals surface area contributed by atoms with Gasteiger partial charge in [-0.1, -0.05) is 19.1 Å². The molecule has 1 heterocycles. The maximum atomic E-state index is 12.4. The Morgan fingerprint density at radius 1 is 1.26 bits per heavy atom. The van der Waals surface area contributed by atoms with Gasteiger partial charge in [0.2, 0.25) is 0 Å². The molecule has 19 heavy (non-hydrogen) atoms. The van der Waals surface area contributed by atoms with Crippen LogP contribution in [0.25, 0.3) is 11.4 Å². The molecule has 0 saturated carbocycles. The largest absolute Gasteiger partial charge is 0.434 e. The second-order valence-electron chi connectivity index (χ2n) is 3.84. The molecule has 0 saturated heterocycles. The molecule has 0 atom stereocenters. The molecule has 0 fully saturated rings. The standard InChI is InChI=1S/C13H13F2N3O/c1-2-8-7-11(16)18-12(17-8)9-5-3-4-6-10(9)19-13(14)15/h3-7,13H,2H2,1H3,(H2,16,17,18). The quantitative estimate of drug-likeness (QED) is 0.923. The van der Waals surface area contributed by atoms with Crippen molar-refractivity contribution < 1.29 is 13.5 Å². The van der Waals surface area contributed by atoms with Gasteiger partial charge < -0.3 is 10.5 Å². The molecule has 0 bridgehead atoms. The van der Waals surface area contributed by atoms with Gasteiger partial charge in [-0.05, 0) is 18.6 Å². The minimum atomic E-state index is -2.90. The van der Waals surface area contributed by atoms with Crippen LogP contribution in [0.4, 0.5) is 14.6 Å². The van der Waals surface area contributed by atoms with Crippen molar-refractivity contribution >= 4 is 5.82 Å². The number of aromatic nitrogens is 2. The highest BCUT2D eigenvalue weighted by atomic mass is 19.3. The predicted octanol–water partition coefficient (Wildman–Crippen LogP) is 2.89. The zero-order valence-corrected chi connectivity index (χ0v) is 10.3. The number of para-hydroxylation sites is 1. The molecule has 0 amide bonds. The summed E-state index contributed by atoms with van der Waals surface area (Å²) in [5.74, 6) is 0.618. The molecule has 0 radical (unpaired) electrons. The van der Waals surface area contributed by atoms with Gasteiger partial charge >= 0.3 is 6.61 Å². The van der Waals surface area contributed by atoms with E-state index < -0.39 is 6.61 Å². The molecule has 0 aliphatic rings. The smallest absolute Gasteiger partial charge is 0.387 e. The lowest BCUT2D eigenvalue weighted by Gasteiger charge is -2.10. The summed E-state index contributed by atoms with van der Waals surface area (Å²) >= 11 is 0. The SMILES string of the molecule is CCc1cc(N)nc(-c2ccccc2OC(F)F)n1. The molecule has 2 aromatic rings. The van der Waals surface area contributed by atoms with Crippen molar-refractivity contribution in [3.05, 3.63) is 36.0 Å². The maximum Gasteiger partial charge on any atom is 0.387 e. The van der Waals surface area contributed by atoms with E-state index in [0.29, 0.717) is 17.8 Å². The maximum absolute atomic E-state index is 12.4. The average molecular weight is 265 g/mol. The van der Waals surface area contributed by atoms with Crippen LogP contribution >= 0.6 is 0 Å². The first-order valence-corrected chi connectivity index (χ1v) is 5.77. The van der Waals surface area contributed by atoms with E-state index in [4.69, 9.17) is 5.73 Å². The Hall–Kier alpha value is -2.24. The van der Waals surface area contributed by atoms with Gasteiger partial charge in [0, 0.05) is 11.8 Å². The number of hydrogen-bond acceptors (Lipinski definition) is 4. The summed E-state index contributed by atoms with van der Waals surface area (Å²) in [6.45, 7) is -0.972. The van der Waals surface area contributed by atoms with Crippen LogP contribution in [0.2, 0.25) is 0 Å². The van der Waals surface area contributed by atoms with Crippen LogP contribution in [-0.4, -0.2) is 16.6 Å². The molecule has 0 unspecified atom stereocenters. The Kier molecular flexibility index (Phi) is 3.89. The van der Waals surface area contributed by atoms with E-state index >= 15 is 0 Å². The number of ether oxygens (including phenoxy) is 1. The van der Waals surface area contributed by atoms with Crippen LogP contribution in [0, 0.1) is 0 Å². The molecular weight excluding hydrogens is 252 g/mol. The van der Waals surface area contributed by atoms with E-state index in [1.54, 1.807) is 24.3 Å². The van der Waals surface area contributed by atoms with Gasteiger partial charge in [0.15, 0.2) is 5.82 Å². The van der Waals surface area contributed by atoms with Gasteiger partial charge in [-0.25, -0.2) is 9.97 Å². The van der Waals surface area contributed by atoms with E-state index in [2.05, 4.69) is 14.7 Å². The lowest BCUT2D eigenvalue weighted by atomic mass is 10.2. The number of hydrogen-bond donors (Lipinski definition) is 1. The fourth-order valence-electron chi connectivity index (χ4n) is 1.67. The minimum Gasteiger partial charge on any atom is -0.434 e. The number of rotatable bonds is 4. The van der Waals surface area contributed by atoms with Gasteiger partial charge in [-0.3, -0.25) is 0 Å². The highest BCUT2D eigenvalue weighted by Gasteiger charge is 2.13. The summed E-state index contributed by atoms with van der Waals surface area (Å²) in [4.78, 5) is 8.34. The van der Waals surface area contributed by atoms with Crippen molar-refractivity contribution in [1.82, 2.24) is 9.97 Å². The Balaban J connectivity index is 2.49. The lowest BCUT2D eigenvalue weighted by molar-refractivity contribution is -0.0494. The number of nitrogen functional groups attached to an aromatic ring is 1. The zero-order valence-electron chi connectivity index (χ0n) is 10.3. The molecule has 100 valence electrons. The summed E-state index contributed by atoms with van der Waals surface area (Å²) < 4.78 is 29.2. The summed E-state index contributed by atoms with van der Waals surface area (Å²) in [7, 11) is 0. The molecule has 6 heteroatoms. The summed E-state index contributed by atoms with van der Waals surface area (Å²) in [6, 6.07) is 8.02. The molecule has 0 aliphatic carbocycles. The second kappa shape index (κ2) is 5.60. The number of nitrogens with two attached hydrogens (primary N) is 1. The van der Waals surface area contributed by atoms with Gasteiger partial charge in [0.25, 0.3) is 0 Å². The Bertz CT molecular complexity index is 576. The molecular formula is C13H13F2N3O. The summed E-state index contributed by atoms with van der Waals surface area (Å²) in [5.41, 5.74) is 6.82. The molecule has 4 nitrogen and oxygen atoms in total. The lowest BCUT2D eigenvalue weighted by Crippen LogP contribution is -2.05. The van der Waals surface area contributed by atoms with Crippen molar-refractivity contribution in [3.8, 4) is 17.1 Å². The van der Waals surface area contributed by atoms with Crippen molar-refractivity contribution in [3.63, 3.8) is 0 Å². The van der Waals surface area contributed by atoms with Crippen molar-refractivity contribution in [1.29, 1.82) is 0 Å². The number of benzene rings is 1. The molecule has 1 aromatic carbocycles. The van der Waals surface area contributed by atoms with E-state index in [-0.39, 0.29) is 11.6 Å². The van der Waals surface area contributed by atoms with Gasteiger partial charge in [0.05, 0.1) is 5.56 Å². The predicted molar refractivity (Wildman–Crippen MR) is 67.9 cm³/mol. The van der Waals surface area contributed by atoms with Crippen molar-refractivity contribution in [2.45, 2.75) is 20.0 Å². The third-order valence-corrected chi connectivity index (χ3v) is 2.51. The minimum absolute atomic E-state index is 0.0325. The first-order valence-electron chi connectivity index (χ1n) is 5.77. The van der Waals surface area contributed by atoms with Gasteiger partial charge in [0.1, 0.15) is 11.6 Å². The summed E-state index contributed by atoms with van der Waals surface area (Å²) in [6.07, 6.45) is 0.678. The van der Waals surface area contributed by atoms with E-state index in [0.717, 1.165) is 5.69 Å². The van der Waals surface area contributed by atoms with Crippen LogP contribution in [0.3, 0.4) is 0 Å². The first kappa shape index (κ1) is 13.2. The molecule has 2 rings (SSSR count). The molecule has 0 spiro atoms. The van der Waals surface area contributed by atoms with Crippen LogP contribution in [0.5, 0.6) is 5.75 Å². The van der Waals surface area contributed by atoms with E-state index in [9.17, 15) is 8.78 Å². The van der Waals surface area contributed by atoms with Crippen LogP contribution < -0.4 is 10.5 Å². The molecule has 0 aliphatic heterocycles. The monoisotopic (exact) mass is 265 g/mol. The second-order valence-corrected chi connectivity index (χ2v) is 3.84. The van der Waals surface area contributed by atoms with Gasteiger partial charge in [-0.2, -0.15) is 8.78 Å². The van der Waals surface area contributed by atoms with Crippen LogP contribution in [-0.2, 0) is 6.42 Å². The normalized spacial score (nSPS) is 10.7. The van der Waals surface area contributed by atoms with Crippen molar-refractivity contribution in [2.75, 3.05) is 5.73 Å². The number of nitrogens with zero attached hydrogens (tertiary/aromatic N) is 2. The Morgan fingerprint density at radius 2 is 2.00 bits per heavy atom. The fourth-order valence-corrected chi connectivity index (χ4v) is 1.67. The molecule has 1 aromatic heterocycles. The van der Waals surface area contributed by atoms with Gasteiger partial charge in [-0.15, -0.1) is 0 Å². The topological polar surface area (TPSA) is 61.0 Å². The van der Waals surface area contributed by atoms with Crippen molar-refractivity contribution in [2.24, 2.45) is 0 Å². The highest BCUT2D eigenvalue weighted by Crippen LogP contribution is 2.29. The van der Waals surface area contributed by atoms with Crippen LogP contribution in [0.15, 0.2) is 30.3 Å². The number of alkyl halides is 2. The third kappa shape index (κ3) is 3.15. The highest BCUT2D eigenvalue weighted by molar-refractivity contribution is 5.65. The molecule has 2 N–H and O–H groups in total. The van der Waals surface area contributed by atoms with E-state index in [1.807, 2.05) is 6.92 Å². The zero-order chi connectivity index (χ0) is 13.8. The van der Waals surface area contributed by atoms with E-state index in [1.165, 1.54) is 6.07 Å². The Labute approximate surface area is 109 Å². The number of anilines is 1. The average Bonchev–Trinajstić information content (AvgIpc) is 2.38. The summed E-state index contributed by atoms with van der Waals surface area (Å²) in [5, 5.41) is 0. The third-order valence-electron chi connectivity index (χ3n) is 2.51. The number of halogens is 2. The number of aryl methyl sites for hydroxylation is 1. The Morgan fingerprint density at radius 3 is 2.68 bits per heavy atom. The van der Waals surface area contributed by atoms with Crippen LogP contribution in [0.1, 0.15) is 12.6 Å².